The zero-order chi connectivity index (χ0) is 11.3. The van der Waals surface area contributed by atoms with E-state index in [2.05, 4.69) is 15.7 Å². The monoisotopic (exact) mass is 225 g/mol. The molecule has 80 valence electrons. The number of rotatable bonds is 2. The highest BCUT2D eigenvalue weighted by molar-refractivity contribution is 7.96. The van der Waals surface area contributed by atoms with Gasteiger partial charge in [-0.05, 0) is 12.1 Å². The van der Waals surface area contributed by atoms with E-state index in [4.69, 9.17) is 0 Å². The molecule has 1 atom stereocenters. The van der Waals surface area contributed by atoms with Crippen LogP contribution < -0.4 is 0 Å². The Morgan fingerprint density at radius 3 is 2.53 bits per heavy atom. The topological polar surface area (TPSA) is 55.7 Å². The number of nitrogens with zero attached hydrogens (tertiary/aromatic N) is 1. The maximum Gasteiger partial charge on any atom is 0.442 e. The number of methoxy groups -OCH3 is 1. The average Bonchev–Trinajstić information content (AvgIpc) is 2.30. The summed E-state index contributed by atoms with van der Waals surface area (Å²) < 4.78 is 19.9. The van der Waals surface area contributed by atoms with Crippen molar-refractivity contribution >= 4 is 15.8 Å². The quantitative estimate of drug-likeness (QED) is 0.776. The van der Waals surface area contributed by atoms with Crippen LogP contribution in [-0.4, -0.2) is 17.4 Å². The molecule has 1 unspecified atom stereocenters. The molecule has 1 rings (SSSR count). The van der Waals surface area contributed by atoms with Gasteiger partial charge in [0.1, 0.15) is 9.73 Å². The van der Waals surface area contributed by atoms with Crippen LogP contribution in [0.3, 0.4) is 0 Å². The third-order valence-electron chi connectivity index (χ3n) is 1.69. The maximum atomic E-state index is 12.1. The van der Waals surface area contributed by atoms with E-state index in [1.807, 2.05) is 0 Å². The highest BCUT2D eigenvalue weighted by atomic mass is 32.2. The molecule has 0 heterocycles. The lowest BCUT2D eigenvalue weighted by atomic mass is 10.4. The average molecular weight is 225 g/mol. The Kier molecular flexibility index (Phi) is 3.62. The lowest BCUT2D eigenvalue weighted by Gasteiger charge is -2.03. The molecule has 0 saturated heterocycles. The van der Waals surface area contributed by atoms with E-state index in [9.17, 15) is 9.00 Å². The highest BCUT2D eigenvalue weighted by Crippen LogP contribution is 2.14. The van der Waals surface area contributed by atoms with Gasteiger partial charge < -0.3 is 4.74 Å². The van der Waals surface area contributed by atoms with Crippen LogP contribution in [-0.2, 0) is 14.5 Å². The van der Waals surface area contributed by atoms with Crippen LogP contribution in [0.15, 0.2) is 51.6 Å². The van der Waals surface area contributed by atoms with Gasteiger partial charge in [-0.2, -0.15) is 0 Å². The van der Waals surface area contributed by atoms with Crippen LogP contribution in [0.5, 0.6) is 0 Å². The minimum atomic E-state index is -2.90. The molecule has 1 amide bonds. The van der Waals surface area contributed by atoms with Crippen LogP contribution >= 0.6 is 0 Å². The molecule has 0 spiro atoms. The fourth-order valence-electron chi connectivity index (χ4n) is 0.950. The van der Waals surface area contributed by atoms with Gasteiger partial charge in [-0.3, -0.25) is 0 Å². The van der Waals surface area contributed by atoms with E-state index < -0.39 is 15.8 Å². The number of hydrogen-bond acceptors (Lipinski definition) is 3. The van der Waals surface area contributed by atoms with Crippen molar-refractivity contribution in [3.05, 3.63) is 42.3 Å². The zero-order valence-corrected chi connectivity index (χ0v) is 9.07. The Balaban J connectivity index is 3.30. The van der Waals surface area contributed by atoms with Gasteiger partial charge in [0, 0.05) is 5.41 Å². The Morgan fingerprint density at radius 1 is 1.47 bits per heavy atom. The second kappa shape index (κ2) is 4.75. The Hall–Kier alpha value is -1.62. The first-order valence-electron chi connectivity index (χ1n) is 4.15. The van der Waals surface area contributed by atoms with Gasteiger partial charge in [-0.1, -0.05) is 24.8 Å². The summed E-state index contributed by atoms with van der Waals surface area (Å²) >= 11 is 0. The molecule has 0 radical (unpaired) electrons. The van der Waals surface area contributed by atoms with Crippen LogP contribution in [0.4, 0.5) is 4.79 Å². The predicted octanol–water partition coefficient (Wildman–Crippen LogP) is 2.42. The van der Waals surface area contributed by atoms with Crippen molar-refractivity contribution in [3.8, 4) is 0 Å². The molecule has 0 saturated carbocycles. The van der Waals surface area contributed by atoms with Gasteiger partial charge in [0.25, 0.3) is 0 Å². The second-order valence-corrected chi connectivity index (χ2v) is 4.73. The fourth-order valence-corrected chi connectivity index (χ4v) is 2.17. The van der Waals surface area contributed by atoms with Crippen molar-refractivity contribution < 1.29 is 13.7 Å². The number of benzene rings is 1. The molecule has 0 aliphatic rings. The van der Waals surface area contributed by atoms with Gasteiger partial charge in [-0.25, -0.2) is 9.00 Å². The summed E-state index contributed by atoms with van der Waals surface area (Å²) in [6.45, 7) is 3.42. The van der Waals surface area contributed by atoms with Crippen molar-refractivity contribution in [2.45, 2.75) is 4.90 Å². The fraction of sp³-hybridized carbons (Fsp3) is 0.100. The molecule has 4 nitrogen and oxygen atoms in total. The SMILES string of the molecule is C=CS(=O)(=NC(=O)OC)c1ccccc1. The third kappa shape index (κ3) is 2.66. The second-order valence-electron chi connectivity index (χ2n) is 2.61. The Bertz CT molecular complexity index is 473. The molecule has 0 aromatic heterocycles. The molecule has 15 heavy (non-hydrogen) atoms. The van der Waals surface area contributed by atoms with E-state index in [0.717, 1.165) is 5.41 Å². The van der Waals surface area contributed by atoms with E-state index in [0.29, 0.717) is 4.90 Å². The summed E-state index contributed by atoms with van der Waals surface area (Å²) in [7, 11) is -1.72. The first-order valence-corrected chi connectivity index (χ1v) is 5.73. The molecule has 5 heteroatoms. The molecule has 0 aliphatic heterocycles. The first-order chi connectivity index (χ1) is 7.12. The summed E-state index contributed by atoms with van der Waals surface area (Å²) in [5.41, 5.74) is 0. The molecular weight excluding hydrogens is 214 g/mol. The largest absolute Gasteiger partial charge is 0.451 e. The lowest BCUT2D eigenvalue weighted by Crippen LogP contribution is -2.02. The Morgan fingerprint density at radius 2 is 2.07 bits per heavy atom. The zero-order valence-electron chi connectivity index (χ0n) is 8.25. The molecular formula is C10H11NO3S. The summed E-state index contributed by atoms with van der Waals surface area (Å²) in [5, 5.41) is 1.15. The van der Waals surface area contributed by atoms with Gasteiger partial charge >= 0.3 is 6.09 Å². The van der Waals surface area contributed by atoms with Crippen molar-refractivity contribution in [3.63, 3.8) is 0 Å². The van der Waals surface area contributed by atoms with E-state index in [1.165, 1.54) is 7.11 Å². The minimum absolute atomic E-state index is 0.436. The predicted molar refractivity (Wildman–Crippen MR) is 57.9 cm³/mol. The molecule has 0 fully saturated rings. The number of hydrogen-bond donors (Lipinski definition) is 0. The van der Waals surface area contributed by atoms with Crippen LogP contribution in [0, 0.1) is 0 Å². The van der Waals surface area contributed by atoms with Crippen LogP contribution in [0.1, 0.15) is 0 Å². The maximum absolute atomic E-state index is 12.1. The van der Waals surface area contributed by atoms with Crippen molar-refractivity contribution in [2.24, 2.45) is 4.36 Å². The van der Waals surface area contributed by atoms with Crippen molar-refractivity contribution in [2.75, 3.05) is 7.11 Å². The van der Waals surface area contributed by atoms with Gasteiger partial charge in [-0.15, -0.1) is 4.36 Å². The summed E-state index contributed by atoms with van der Waals surface area (Å²) in [4.78, 5) is 11.4. The van der Waals surface area contributed by atoms with Crippen LogP contribution in [0.25, 0.3) is 0 Å². The summed E-state index contributed by atoms with van der Waals surface area (Å²) in [6.07, 6.45) is -0.872. The van der Waals surface area contributed by atoms with Gasteiger partial charge in [0.15, 0.2) is 0 Å². The number of ether oxygens (including phenoxy) is 1. The number of amides is 1. The third-order valence-corrected chi connectivity index (χ3v) is 3.51. The van der Waals surface area contributed by atoms with E-state index >= 15 is 0 Å². The standard InChI is InChI=1S/C10H11NO3S/c1-3-15(13,11-10(12)14-2)9-7-5-4-6-8-9/h3-8H,1H2,2H3. The normalized spacial score (nSPS) is 13.7. The number of carbonyl (C=O) groups is 1. The van der Waals surface area contributed by atoms with Gasteiger partial charge in [0.2, 0.25) is 0 Å². The number of carbonyl (C=O) groups excluding carboxylic acids is 1. The smallest absolute Gasteiger partial charge is 0.442 e. The highest BCUT2D eigenvalue weighted by Gasteiger charge is 2.10. The molecule has 1 aromatic carbocycles. The van der Waals surface area contributed by atoms with Crippen molar-refractivity contribution in [1.29, 1.82) is 0 Å². The van der Waals surface area contributed by atoms with Crippen LogP contribution in [0.2, 0.25) is 0 Å². The molecule has 0 N–H and O–H groups in total. The summed E-state index contributed by atoms with van der Waals surface area (Å²) in [5.74, 6) is 0. The summed E-state index contributed by atoms with van der Waals surface area (Å²) in [6, 6.07) is 8.45. The van der Waals surface area contributed by atoms with E-state index in [-0.39, 0.29) is 0 Å². The molecule has 0 aliphatic carbocycles. The molecule has 0 bridgehead atoms. The van der Waals surface area contributed by atoms with Gasteiger partial charge in [0.05, 0.1) is 12.0 Å². The van der Waals surface area contributed by atoms with E-state index in [1.54, 1.807) is 30.3 Å². The van der Waals surface area contributed by atoms with Crippen molar-refractivity contribution in [1.82, 2.24) is 0 Å². The lowest BCUT2D eigenvalue weighted by molar-refractivity contribution is 0.183. The Labute approximate surface area is 88.8 Å². The molecule has 1 aromatic rings. The first kappa shape index (κ1) is 11.5. The minimum Gasteiger partial charge on any atom is -0.451 e.